The van der Waals surface area contributed by atoms with Gasteiger partial charge in [0.1, 0.15) is 0 Å². The van der Waals surface area contributed by atoms with Gasteiger partial charge in [-0.05, 0) is 36.0 Å². The molecule has 5 nitrogen and oxygen atoms in total. The predicted molar refractivity (Wildman–Crippen MR) is 81.3 cm³/mol. The van der Waals surface area contributed by atoms with E-state index in [2.05, 4.69) is 17.6 Å². The summed E-state index contributed by atoms with van der Waals surface area (Å²) in [6.07, 6.45) is 3.68. The van der Waals surface area contributed by atoms with Crippen LogP contribution in [0.3, 0.4) is 0 Å². The third-order valence-electron chi connectivity index (χ3n) is 4.13. The van der Waals surface area contributed by atoms with Crippen LogP contribution in [0.25, 0.3) is 0 Å². The van der Waals surface area contributed by atoms with Crippen molar-refractivity contribution in [3.63, 3.8) is 0 Å². The third kappa shape index (κ3) is 4.77. The fourth-order valence-electron chi connectivity index (χ4n) is 2.81. The Hall–Kier alpha value is -2.04. The van der Waals surface area contributed by atoms with Crippen molar-refractivity contribution in [3.8, 4) is 0 Å². The number of benzene rings is 1. The fourth-order valence-corrected chi connectivity index (χ4v) is 2.81. The summed E-state index contributed by atoms with van der Waals surface area (Å²) >= 11 is 0. The van der Waals surface area contributed by atoms with Crippen molar-refractivity contribution in [3.05, 3.63) is 29.8 Å². The Kier molecular flexibility index (Phi) is 5.20. The van der Waals surface area contributed by atoms with Gasteiger partial charge in [0, 0.05) is 12.2 Å². The molecule has 0 radical (unpaired) electrons. The molecule has 1 aliphatic carbocycles. The van der Waals surface area contributed by atoms with Gasteiger partial charge in [-0.1, -0.05) is 31.9 Å². The van der Waals surface area contributed by atoms with Crippen LogP contribution in [0.15, 0.2) is 24.3 Å². The molecule has 0 spiro atoms. The molecule has 0 heterocycles. The summed E-state index contributed by atoms with van der Waals surface area (Å²) in [4.78, 5) is 22.4. The molecule has 21 heavy (non-hydrogen) atoms. The molecule has 3 N–H and O–H groups in total. The molecular weight excluding hydrogens is 268 g/mol. The lowest BCUT2D eigenvalue weighted by Gasteiger charge is -2.16. The average molecular weight is 290 g/mol. The first-order valence-corrected chi connectivity index (χ1v) is 7.40. The molecule has 0 aliphatic heterocycles. The lowest BCUT2D eigenvalue weighted by atomic mass is 9.98. The second-order valence-electron chi connectivity index (χ2n) is 5.77. The number of rotatable bonds is 5. The number of urea groups is 1. The molecular formula is C16H22N2O3. The number of carbonyl (C=O) groups excluding carboxylic acids is 1. The van der Waals surface area contributed by atoms with Gasteiger partial charge in [0.25, 0.3) is 0 Å². The normalized spacial score (nSPS) is 21.0. The van der Waals surface area contributed by atoms with Gasteiger partial charge in [0.05, 0.1) is 6.42 Å². The first-order chi connectivity index (χ1) is 10.0. The summed E-state index contributed by atoms with van der Waals surface area (Å²) in [6.45, 7) is 2.95. The van der Waals surface area contributed by atoms with Gasteiger partial charge in [-0.2, -0.15) is 0 Å². The van der Waals surface area contributed by atoms with E-state index in [1.807, 2.05) is 0 Å². The minimum Gasteiger partial charge on any atom is -0.481 e. The van der Waals surface area contributed by atoms with Crippen molar-refractivity contribution in [1.29, 1.82) is 0 Å². The van der Waals surface area contributed by atoms with E-state index in [4.69, 9.17) is 5.11 Å². The Morgan fingerprint density at radius 2 is 1.95 bits per heavy atom. The maximum atomic E-state index is 11.8. The van der Waals surface area contributed by atoms with Crippen molar-refractivity contribution >= 4 is 17.7 Å². The minimum absolute atomic E-state index is 0.00789. The molecule has 1 aromatic carbocycles. The van der Waals surface area contributed by atoms with Gasteiger partial charge >= 0.3 is 12.0 Å². The van der Waals surface area contributed by atoms with Crippen LogP contribution >= 0.6 is 0 Å². The van der Waals surface area contributed by atoms with E-state index in [1.54, 1.807) is 24.3 Å². The Labute approximate surface area is 124 Å². The number of nitrogens with one attached hydrogen (secondary N) is 2. The van der Waals surface area contributed by atoms with Gasteiger partial charge in [-0.3, -0.25) is 4.79 Å². The molecule has 0 saturated heterocycles. The molecule has 0 bridgehead atoms. The van der Waals surface area contributed by atoms with E-state index in [0.717, 1.165) is 0 Å². The highest BCUT2D eigenvalue weighted by Crippen LogP contribution is 2.30. The van der Waals surface area contributed by atoms with Crippen LogP contribution in [0.5, 0.6) is 0 Å². The summed E-state index contributed by atoms with van der Waals surface area (Å²) in [6, 6.07) is 6.65. The first kappa shape index (κ1) is 15.4. The van der Waals surface area contributed by atoms with Gasteiger partial charge in [0.15, 0.2) is 0 Å². The standard InChI is InChI=1S/C16H22N2O3/c1-11-3-2-4-13(11)10-17-16(21)18-14-7-5-12(6-8-14)9-15(19)20/h5-8,11,13H,2-4,9-10H2,1H3,(H,19,20)(H2,17,18,21). The highest BCUT2D eigenvalue weighted by Gasteiger charge is 2.23. The molecule has 2 rings (SSSR count). The molecule has 2 unspecified atom stereocenters. The monoisotopic (exact) mass is 290 g/mol. The number of anilines is 1. The van der Waals surface area contributed by atoms with Crippen molar-refractivity contribution in [2.24, 2.45) is 11.8 Å². The maximum absolute atomic E-state index is 11.8. The zero-order chi connectivity index (χ0) is 15.2. The van der Waals surface area contributed by atoms with Crippen LogP contribution < -0.4 is 10.6 Å². The van der Waals surface area contributed by atoms with Gasteiger partial charge in [-0.25, -0.2) is 4.79 Å². The van der Waals surface area contributed by atoms with E-state index in [-0.39, 0.29) is 12.5 Å². The van der Waals surface area contributed by atoms with E-state index in [9.17, 15) is 9.59 Å². The zero-order valence-corrected chi connectivity index (χ0v) is 12.3. The summed E-state index contributed by atoms with van der Waals surface area (Å²) < 4.78 is 0. The summed E-state index contributed by atoms with van der Waals surface area (Å²) in [7, 11) is 0. The van der Waals surface area contributed by atoms with Crippen molar-refractivity contribution < 1.29 is 14.7 Å². The largest absolute Gasteiger partial charge is 0.481 e. The fraction of sp³-hybridized carbons (Fsp3) is 0.500. The zero-order valence-electron chi connectivity index (χ0n) is 12.3. The predicted octanol–water partition coefficient (Wildman–Crippen LogP) is 2.87. The number of hydrogen-bond acceptors (Lipinski definition) is 2. The lowest BCUT2D eigenvalue weighted by molar-refractivity contribution is -0.136. The smallest absolute Gasteiger partial charge is 0.319 e. The number of carboxylic acid groups (broad SMARTS) is 1. The number of hydrogen-bond donors (Lipinski definition) is 3. The Balaban J connectivity index is 1.78. The molecule has 1 fully saturated rings. The van der Waals surface area contributed by atoms with E-state index < -0.39 is 5.97 Å². The number of carbonyl (C=O) groups is 2. The van der Waals surface area contributed by atoms with E-state index >= 15 is 0 Å². The number of amides is 2. The van der Waals surface area contributed by atoms with Gasteiger partial charge in [0.2, 0.25) is 0 Å². The Morgan fingerprint density at radius 1 is 1.24 bits per heavy atom. The third-order valence-corrected chi connectivity index (χ3v) is 4.13. The molecule has 5 heteroatoms. The maximum Gasteiger partial charge on any atom is 0.319 e. The topological polar surface area (TPSA) is 78.4 Å². The van der Waals surface area contributed by atoms with Crippen molar-refractivity contribution in [2.75, 3.05) is 11.9 Å². The van der Waals surface area contributed by atoms with Crippen molar-refractivity contribution in [1.82, 2.24) is 5.32 Å². The van der Waals surface area contributed by atoms with Crippen LogP contribution in [-0.4, -0.2) is 23.7 Å². The summed E-state index contributed by atoms with van der Waals surface area (Å²) in [5.41, 5.74) is 1.38. The van der Waals surface area contributed by atoms with Crippen LogP contribution in [0.4, 0.5) is 10.5 Å². The second kappa shape index (κ2) is 7.11. The molecule has 1 aromatic rings. The van der Waals surface area contributed by atoms with Crippen LogP contribution in [0.2, 0.25) is 0 Å². The number of carboxylic acids is 1. The quantitative estimate of drug-likeness (QED) is 0.780. The summed E-state index contributed by atoms with van der Waals surface area (Å²) in [5, 5.41) is 14.4. The molecule has 0 aromatic heterocycles. The molecule has 114 valence electrons. The molecule has 1 aliphatic rings. The van der Waals surface area contributed by atoms with Gasteiger partial charge < -0.3 is 15.7 Å². The van der Waals surface area contributed by atoms with Crippen LogP contribution in [-0.2, 0) is 11.2 Å². The Morgan fingerprint density at radius 3 is 2.52 bits per heavy atom. The highest BCUT2D eigenvalue weighted by atomic mass is 16.4. The van der Waals surface area contributed by atoms with E-state index in [1.165, 1.54) is 19.3 Å². The summed E-state index contributed by atoms with van der Waals surface area (Å²) in [5.74, 6) is 0.397. The van der Waals surface area contributed by atoms with Crippen molar-refractivity contribution in [2.45, 2.75) is 32.6 Å². The first-order valence-electron chi connectivity index (χ1n) is 7.40. The second-order valence-corrected chi connectivity index (χ2v) is 5.77. The highest BCUT2D eigenvalue weighted by molar-refractivity contribution is 5.89. The SMILES string of the molecule is CC1CCCC1CNC(=O)Nc1ccc(CC(=O)O)cc1. The molecule has 1 saturated carbocycles. The molecule has 2 amide bonds. The van der Waals surface area contributed by atoms with E-state index in [0.29, 0.717) is 29.6 Å². The number of aliphatic carboxylic acids is 1. The van der Waals surface area contributed by atoms with Gasteiger partial charge in [-0.15, -0.1) is 0 Å². The lowest BCUT2D eigenvalue weighted by Crippen LogP contribution is -2.33. The average Bonchev–Trinajstić information content (AvgIpc) is 2.84. The molecule has 2 atom stereocenters. The van der Waals surface area contributed by atoms with Crippen LogP contribution in [0, 0.1) is 11.8 Å². The minimum atomic E-state index is -0.862. The Bertz CT molecular complexity index is 499. The van der Waals surface area contributed by atoms with Crippen LogP contribution in [0.1, 0.15) is 31.7 Å².